The number of carbonyl (C=O) groups excluding carboxylic acids is 1. The van der Waals surface area contributed by atoms with E-state index in [1.54, 1.807) is 0 Å². The van der Waals surface area contributed by atoms with Gasteiger partial charge in [-0.3, -0.25) is 10.1 Å². The van der Waals surface area contributed by atoms with Gasteiger partial charge in [0.25, 0.3) is 0 Å². The van der Waals surface area contributed by atoms with Crippen molar-refractivity contribution in [1.82, 2.24) is 15.6 Å². The molecule has 2 atom stereocenters. The van der Waals surface area contributed by atoms with Crippen molar-refractivity contribution in [2.75, 3.05) is 6.54 Å². The van der Waals surface area contributed by atoms with E-state index in [4.69, 9.17) is 0 Å². The fraction of sp³-hybridized carbons (Fsp3) is 0.357. The van der Waals surface area contributed by atoms with Crippen molar-refractivity contribution in [3.8, 4) is 0 Å². The van der Waals surface area contributed by atoms with Crippen molar-refractivity contribution in [2.24, 2.45) is 0 Å². The highest BCUT2D eigenvalue weighted by molar-refractivity contribution is 5.86. The first-order chi connectivity index (χ1) is 8.65. The highest BCUT2D eigenvalue weighted by Gasteiger charge is 2.26. The third kappa shape index (κ3) is 1.78. The zero-order valence-corrected chi connectivity index (χ0v) is 10.6. The van der Waals surface area contributed by atoms with Crippen molar-refractivity contribution in [3.63, 3.8) is 0 Å². The number of nitrogens with one attached hydrogen (secondary N) is 3. The van der Waals surface area contributed by atoms with E-state index in [1.165, 1.54) is 16.5 Å². The number of hydrogen-bond acceptors (Lipinski definition) is 2. The summed E-state index contributed by atoms with van der Waals surface area (Å²) in [6.45, 7) is 4.63. The van der Waals surface area contributed by atoms with Gasteiger partial charge in [0.15, 0.2) is 0 Å². The zero-order valence-electron chi connectivity index (χ0n) is 10.6. The van der Waals surface area contributed by atoms with Crippen molar-refractivity contribution in [3.05, 3.63) is 35.5 Å². The Balaban J connectivity index is 1.99. The Bertz CT molecular complexity index is 602. The maximum absolute atomic E-state index is 11.4. The second-order valence-corrected chi connectivity index (χ2v) is 4.98. The normalized spacial score (nSPS) is 24.2. The molecule has 1 aromatic heterocycles. The number of fused-ring (bicyclic) bond motifs is 1. The Labute approximate surface area is 106 Å². The Kier molecular flexibility index (Phi) is 2.59. The number of H-pyrrole nitrogens is 1. The van der Waals surface area contributed by atoms with E-state index in [0.717, 1.165) is 5.52 Å². The van der Waals surface area contributed by atoms with Crippen molar-refractivity contribution in [1.29, 1.82) is 0 Å². The smallest absolute Gasteiger partial charge is 0.236 e. The number of hydrogen-bond donors (Lipinski definition) is 3. The lowest BCUT2D eigenvalue weighted by molar-refractivity contribution is -0.124. The molecular formula is C14H17N3O. The monoisotopic (exact) mass is 243 g/mol. The van der Waals surface area contributed by atoms with Gasteiger partial charge in [-0.15, -0.1) is 0 Å². The number of piperazine rings is 1. The number of carbonyl (C=O) groups is 1. The van der Waals surface area contributed by atoms with Crippen LogP contribution in [0.3, 0.4) is 0 Å². The summed E-state index contributed by atoms with van der Waals surface area (Å²) in [5.41, 5.74) is 3.61. The highest BCUT2D eigenvalue weighted by Crippen LogP contribution is 2.26. The first kappa shape index (κ1) is 11.3. The van der Waals surface area contributed by atoms with Gasteiger partial charge in [-0.1, -0.05) is 11.6 Å². The minimum atomic E-state index is -0.140. The largest absolute Gasteiger partial charge is 0.361 e. The second kappa shape index (κ2) is 4.14. The Morgan fingerprint density at radius 3 is 2.94 bits per heavy atom. The molecule has 1 fully saturated rings. The van der Waals surface area contributed by atoms with Crippen LogP contribution in [0.5, 0.6) is 0 Å². The molecule has 1 aliphatic rings. The van der Waals surface area contributed by atoms with Gasteiger partial charge in [-0.2, -0.15) is 0 Å². The van der Waals surface area contributed by atoms with Gasteiger partial charge in [0.2, 0.25) is 5.91 Å². The van der Waals surface area contributed by atoms with E-state index in [0.29, 0.717) is 6.54 Å². The van der Waals surface area contributed by atoms with Crippen LogP contribution >= 0.6 is 0 Å². The van der Waals surface area contributed by atoms with Crippen LogP contribution < -0.4 is 10.6 Å². The molecule has 1 saturated heterocycles. The van der Waals surface area contributed by atoms with Crippen molar-refractivity contribution in [2.45, 2.75) is 25.9 Å². The Morgan fingerprint density at radius 1 is 1.33 bits per heavy atom. The predicted octanol–water partition coefficient (Wildman–Crippen LogP) is 1.63. The molecule has 4 nitrogen and oxygen atoms in total. The van der Waals surface area contributed by atoms with Crippen LogP contribution in [0.2, 0.25) is 0 Å². The minimum Gasteiger partial charge on any atom is -0.361 e. The summed E-state index contributed by atoms with van der Waals surface area (Å²) < 4.78 is 0. The second-order valence-electron chi connectivity index (χ2n) is 4.98. The summed E-state index contributed by atoms with van der Waals surface area (Å²) in [6, 6.07) is 6.41. The summed E-state index contributed by atoms with van der Waals surface area (Å²) >= 11 is 0. The summed E-state index contributed by atoms with van der Waals surface area (Å²) in [5, 5.41) is 7.51. The molecule has 3 rings (SSSR count). The number of aromatic nitrogens is 1. The quantitative estimate of drug-likeness (QED) is 0.713. The maximum atomic E-state index is 11.4. The summed E-state index contributed by atoms with van der Waals surface area (Å²) in [6.07, 6.45) is 2.03. The standard InChI is InChI=1S/C14H17N3O/c1-8-3-4-12-10(5-8)11(6-15-12)13-7-16-14(18)9(2)17-13/h3-6,9,13,15,17H,7H2,1-2H3,(H,16,18)/t9-,13?/m0/s1. The third-order valence-electron chi connectivity index (χ3n) is 3.57. The highest BCUT2D eigenvalue weighted by atomic mass is 16.2. The van der Waals surface area contributed by atoms with Gasteiger partial charge in [-0.05, 0) is 31.5 Å². The third-order valence-corrected chi connectivity index (χ3v) is 3.57. The first-order valence-electron chi connectivity index (χ1n) is 6.26. The van der Waals surface area contributed by atoms with E-state index in [-0.39, 0.29) is 18.0 Å². The fourth-order valence-electron chi connectivity index (χ4n) is 2.54. The molecule has 0 aliphatic carbocycles. The first-order valence-corrected chi connectivity index (χ1v) is 6.26. The molecule has 1 aliphatic heterocycles. The van der Waals surface area contributed by atoms with Gasteiger partial charge in [0.1, 0.15) is 0 Å². The molecule has 1 aromatic carbocycles. The summed E-state index contributed by atoms with van der Waals surface area (Å²) in [5.74, 6) is 0.0715. The number of aromatic amines is 1. The van der Waals surface area contributed by atoms with E-state index in [2.05, 4.69) is 40.7 Å². The Morgan fingerprint density at radius 2 is 2.17 bits per heavy atom. The summed E-state index contributed by atoms with van der Waals surface area (Å²) in [7, 11) is 0. The topological polar surface area (TPSA) is 56.9 Å². The zero-order chi connectivity index (χ0) is 12.7. The van der Waals surface area contributed by atoms with Crippen molar-refractivity contribution < 1.29 is 4.79 Å². The van der Waals surface area contributed by atoms with Gasteiger partial charge >= 0.3 is 0 Å². The van der Waals surface area contributed by atoms with Crippen LogP contribution in [0, 0.1) is 6.92 Å². The van der Waals surface area contributed by atoms with Gasteiger partial charge in [0, 0.05) is 23.6 Å². The number of rotatable bonds is 1. The molecule has 18 heavy (non-hydrogen) atoms. The molecule has 0 saturated carbocycles. The molecular weight excluding hydrogens is 226 g/mol. The molecule has 2 heterocycles. The molecule has 1 amide bonds. The van der Waals surface area contributed by atoms with E-state index < -0.39 is 0 Å². The van der Waals surface area contributed by atoms with Crippen LogP contribution in [0.25, 0.3) is 10.9 Å². The average molecular weight is 243 g/mol. The van der Waals surface area contributed by atoms with Gasteiger partial charge in [-0.25, -0.2) is 0 Å². The number of aryl methyl sites for hydroxylation is 1. The number of amides is 1. The molecule has 94 valence electrons. The predicted molar refractivity (Wildman–Crippen MR) is 71.4 cm³/mol. The maximum Gasteiger partial charge on any atom is 0.236 e. The molecule has 0 spiro atoms. The van der Waals surface area contributed by atoms with E-state index in [1.807, 2.05) is 13.1 Å². The SMILES string of the molecule is Cc1ccc2[nH]cc(C3CNC(=O)[C@H](C)N3)c2c1. The minimum absolute atomic E-state index is 0.0715. The molecule has 4 heteroatoms. The average Bonchev–Trinajstić information content (AvgIpc) is 2.75. The van der Waals surface area contributed by atoms with E-state index in [9.17, 15) is 4.79 Å². The van der Waals surface area contributed by atoms with Crippen LogP contribution in [-0.2, 0) is 4.79 Å². The molecule has 3 N–H and O–H groups in total. The fourth-order valence-corrected chi connectivity index (χ4v) is 2.54. The van der Waals surface area contributed by atoms with Crippen LogP contribution in [0.1, 0.15) is 24.1 Å². The van der Waals surface area contributed by atoms with Gasteiger partial charge in [0.05, 0.1) is 12.1 Å². The lowest BCUT2D eigenvalue weighted by Gasteiger charge is -2.28. The van der Waals surface area contributed by atoms with E-state index >= 15 is 0 Å². The molecule has 0 radical (unpaired) electrons. The van der Waals surface area contributed by atoms with Crippen LogP contribution in [0.15, 0.2) is 24.4 Å². The lowest BCUT2D eigenvalue weighted by Crippen LogP contribution is -2.52. The lowest BCUT2D eigenvalue weighted by atomic mass is 10.0. The Hall–Kier alpha value is -1.81. The number of benzene rings is 1. The molecule has 0 bridgehead atoms. The molecule has 1 unspecified atom stereocenters. The van der Waals surface area contributed by atoms with Gasteiger partial charge < -0.3 is 10.3 Å². The van der Waals surface area contributed by atoms with Crippen LogP contribution in [0.4, 0.5) is 0 Å². The molecule has 2 aromatic rings. The summed E-state index contributed by atoms with van der Waals surface area (Å²) in [4.78, 5) is 14.7. The van der Waals surface area contributed by atoms with Crippen molar-refractivity contribution >= 4 is 16.8 Å². The van der Waals surface area contributed by atoms with Crippen LogP contribution in [-0.4, -0.2) is 23.5 Å².